The van der Waals surface area contributed by atoms with E-state index in [0.717, 1.165) is 13.6 Å². The van der Waals surface area contributed by atoms with E-state index in [1.54, 1.807) is 22.7 Å². The monoisotopic (exact) mass is 252 g/mol. The Bertz CT molecular complexity index is 305. The van der Waals surface area contributed by atoms with E-state index in [0.29, 0.717) is 0 Å². The normalized spacial score (nSPS) is 28.5. The lowest BCUT2D eigenvalue weighted by Gasteiger charge is -2.23. The average molecular weight is 252 g/mol. The van der Waals surface area contributed by atoms with E-state index in [-0.39, 0.29) is 0 Å². The highest BCUT2D eigenvalue weighted by molar-refractivity contribution is 8.09. The van der Waals surface area contributed by atoms with E-state index >= 15 is 0 Å². The van der Waals surface area contributed by atoms with Crippen LogP contribution in [0, 0.1) is 3.14 Å². The Hall–Kier alpha value is 0.970. The predicted octanol–water partition coefficient (Wildman–Crippen LogP) is 4.51. The Morgan fingerprint density at radius 1 is 1.00 bits per heavy atom. The maximum absolute atomic E-state index is 5.17. The molecule has 0 unspecified atom stereocenters. The third-order valence-electron chi connectivity index (χ3n) is 1.77. The van der Waals surface area contributed by atoms with Crippen molar-refractivity contribution in [1.29, 1.82) is 0 Å². The molecule has 2 atom stereocenters. The van der Waals surface area contributed by atoms with E-state index in [4.69, 9.17) is 12.2 Å². The van der Waals surface area contributed by atoms with Crippen LogP contribution in [0.1, 0.15) is 13.8 Å². The molecule has 0 N–H and O–H groups in total. The van der Waals surface area contributed by atoms with Crippen molar-refractivity contribution >= 4 is 58.4 Å². The number of hydrogen-bond donors (Lipinski definition) is 0. The molecule has 0 fully saturated rings. The summed E-state index contributed by atoms with van der Waals surface area (Å²) in [6, 6.07) is 0. The molecule has 1 aromatic heterocycles. The molecule has 0 saturated carbocycles. The van der Waals surface area contributed by atoms with Crippen LogP contribution < -0.4 is 0 Å². The van der Waals surface area contributed by atoms with Gasteiger partial charge in [-0.15, -0.1) is 46.2 Å². The number of fused-ring (bicyclic) bond motifs is 1. The molecule has 1 aliphatic heterocycles. The number of hydrogen-bond acceptors (Lipinski definition) is 5. The first-order valence-corrected chi connectivity index (χ1v) is 7.44. The van der Waals surface area contributed by atoms with Crippen LogP contribution >= 0.6 is 58.4 Å². The van der Waals surface area contributed by atoms with Gasteiger partial charge < -0.3 is 0 Å². The first kappa shape index (κ1) is 9.52. The molecule has 0 aromatic carbocycles. The average Bonchev–Trinajstić information content (AvgIpc) is 2.30. The third kappa shape index (κ3) is 1.75. The van der Waals surface area contributed by atoms with Crippen LogP contribution in [-0.4, -0.2) is 10.5 Å². The van der Waals surface area contributed by atoms with Crippen LogP contribution in [0.4, 0.5) is 0 Å². The number of rotatable bonds is 0. The van der Waals surface area contributed by atoms with E-state index in [9.17, 15) is 0 Å². The highest BCUT2D eigenvalue weighted by atomic mass is 32.2. The molecular weight excluding hydrogens is 244 g/mol. The first-order chi connectivity index (χ1) is 5.66. The fourth-order valence-electron chi connectivity index (χ4n) is 0.929. The van der Waals surface area contributed by atoms with Crippen molar-refractivity contribution in [2.24, 2.45) is 0 Å². The van der Waals surface area contributed by atoms with Crippen molar-refractivity contribution in [2.45, 2.75) is 32.8 Å². The predicted molar refractivity (Wildman–Crippen MR) is 63.7 cm³/mol. The molecule has 1 aliphatic rings. The van der Waals surface area contributed by atoms with Gasteiger partial charge >= 0.3 is 0 Å². The highest BCUT2D eigenvalue weighted by Crippen LogP contribution is 2.50. The lowest BCUT2D eigenvalue weighted by molar-refractivity contribution is 0.918. The van der Waals surface area contributed by atoms with Gasteiger partial charge in [0.1, 0.15) is 3.14 Å². The smallest absolute Gasteiger partial charge is 0.109 e. The molecule has 0 radical (unpaired) electrons. The van der Waals surface area contributed by atoms with Crippen LogP contribution in [0.2, 0.25) is 0 Å². The second kappa shape index (κ2) is 3.61. The second-order valence-corrected chi connectivity index (χ2v) is 9.19. The summed E-state index contributed by atoms with van der Waals surface area (Å²) in [5.74, 6) is 0. The largest absolute Gasteiger partial charge is 0.145 e. The Morgan fingerprint density at radius 2 is 1.42 bits per heavy atom. The quantitative estimate of drug-likeness (QED) is 0.623. The maximum atomic E-state index is 5.17. The van der Waals surface area contributed by atoms with E-state index in [2.05, 4.69) is 13.8 Å². The van der Waals surface area contributed by atoms with Gasteiger partial charge in [-0.3, -0.25) is 0 Å². The van der Waals surface area contributed by atoms with Gasteiger partial charge in [0.05, 0.1) is 8.42 Å². The van der Waals surface area contributed by atoms with Crippen molar-refractivity contribution in [3.8, 4) is 0 Å². The van der Waals surface area contributed by atoms with Crippen molar-refractivity contribution in [3.63, 3.8) is 0 Å². The summed E-state index contributed by atoms with van der Waals surface area (Å²) in [5.41, 5.74) is 0. The molecule has 0 amide bonds. The van der Waals surface area contributed by atoms with Crippen LogP contribution in [-0.2, 0) is 0 Å². The summed E-state index contributed by atoms with van der Waals surface area (Å²) in [5, 5.41) is 1.45. The second-order valence-electron chi connectivity index (χ2n) is 2.67. The minimum absolute atomic E-state index is 0.725. The van der Waals surface area contributed by atoms with Gasteiger partial charge in [-0.1, -0.05) is 26.1 Å². The Kier molecular flexibility index (Phi) is 2.87. The van der Waals surface area contributed by atoms with E-state index in [1.165, 1.54) is 8.42 Å². The molecule has 0 spiro atoms. The molecule has 5 heteroatoms. The zero-order chi connectivity index (χ0) is 8.72. The van der Waals surface area contributed by atoms with Crippen LogP contribution in [0.5, 0.6) is 0 Å². The van der Waals surface area contributed by atoms with Gasteiger partial charge in [0.2, 0.25) is 0 Å². The molecule has 0 nitrogen and oxygen atoms in total. The molecule has 0 bridgehead atoms. The topological polar surface area (TPSA) is 0 Å². The molecule has 1 aromatic rings. The Morgan fingerprint density at radius 3 is 1.83 bits per heavy atom. The van der Waals surface area contributed by atoms with E-state index in [1.807, 2.05) is 23.5 Å². The van der Waals surface area contributed by atoms with E-state index < -0.39 is 0 Å². The minimum Gasteiger partial charge on any atom is -0.109 e. The molecule has 66 valence electrons. The van der Waals surface area contributed by atoms with Crippen molar-refractivity contribution in [2.75, 3.05) is 0 Å². The highest BCUT2D eigenvalue weighted by Gasteiger charge is 2.25. The summed E-state index contributed by atoms with van der Waals surface area (Å²) in [6.07, 6.45) is 0. The zero-order valence-corrected chi connectivity index (χ0v) is 10.8. The van der Waals surface area contributed by atoms with Crippen molar-refractivity contribution in [3.05, 3.63) is 3.14 Å². The Balaban J connectivity index is 2.39. The SMILES string of the molecule is C[C@H]1Sc2sc(=S)sc2S[C@@H]1C. The third-order valence-corrected chi connectivity index (χ3v) is 8.04. The molecule has 2 heterocycles. The molecule has 0 saturated heterocycles. The lowest BCUT2D eigenvalue weighted by Crippen LogP contribution is -2.14. The first-order valence-electron chi connectivity index (χ1n) is 3.64. The zero-order valence-electron chi connectivity index (χ0n) is 6.70. The molecule has 0 aliphatic carbocycles. The molecule has 2 rings (SSSR count). The standard InChI is InChI=1S/C7H8S5/c1-3-4(2)10-6-5(9-3)11-7(8)12-6/h3-4H,1-2H3/t3-,4-/m1/s1. The van der Waals surface area contributed by atoms with Gasteiger partial charge in [0.15, 0.2) is 0 Å². The van der Waals surface area contributed by atoms with Crippen molar-refractivity contribution < 1.29 is 0 Å². The van der Waals surface area contributed by atoms with Crippen LogP contribution in [0.25, 0.3) is 0 Å². The summed E-state index contributed by atoms with van der Waals surface area (Å²) in [7, 11) is 0. The fourth-order valence-corrected chi connectivity index (χ4v) is 7.66. The minimum atomic E-state index is 0.725. The summed E-state index contributed by atoms with van der Waals surface area (Å²) in [6.45, 7) is 4.58. The van der Waals surface area contributed by atoms with Crippen LogP contribution in [0.15, 0.2) is 8.42 Å². The summed E-state index contributed by atoms with van der Waals surface area (Å²) < 4.78 is 3.96. The van der Waals surface area contributed by atoms with Gasteiger partial charge in [-0.2, -0.15) is 0 Å². The maximum Gasteiger partial charge on any atom is 0.145 e. The van der Waals surface area contributed by atoms with Gasteiger partial charge in [0.25, 0.3) is 0 Å². The van der Waals surface area contributed by atoms with Crippen LogP contribution in [0.3, 0.4) is 0 Å². The molecular formula is C7H8S5. The number of thioether (sulfide) groups is 2. The Labute approximate surface area is 93.8 Å². The lowest BCUT2D eigenvalue weighted by atomic mass is 10.4. The van der Waals surface area contributed by atoms with Gasteiger partial charge in [-0.05, 0) is 0 Å². The fraction of sp³-hybridized carbons (Fsp3) is 0.571. The van der Waals surface area contributed by atoms with Gasteiger partial charge in [0, 0.05) is 10.5 Å². The van der Waals surface area contributed by atoms with Crippen molar-refractivity contribution in [1.82, 2.24) is 0 Å². The molecule has 12 heavy (non-hydrogen) atoms. The summed E-state index contributed by atoms with van der Waals surface area (Å²) >= 11 is 12.7. The summed E-state index contributed by atoms with van der Waals surface area (Å²) in [4.78, 5) is 0. The van der Waals surface area contributed by atoms with Gasteiger partial charge in [-0.25, -0.2) is 0 Å².